The number of ether oxygens (including phenoxy) is 1. The smallest absolute Gasteiger partial charge is 0.303 e. The number of methoxy groups -OCH3 is 1. The van der Waals surface area contributed by atoms with E-state index in [1.54, 1.807) is 0 Å². The van der Waals surface area contributed by atoms with E-state index < -0.39 is 17.6 Å². The zero-order chi connectivity index (χ0) is 12.1. The number of aliphatic carboxylic acids is 1. The summed E-state index contributed by atoms with van der Waals surface area (Å²) in [6.45, 7) is -0.142. The number of hydrogen-bond donors (Lipinski definition) is 1. The standard InChI is InChI=1S/C11H12F2O3/c1-16-6-8-9(12)4-7(5-10(8)13)2-3-11(14)15/h4-5H,2-3,6H2,1H3,(H,14,15). The summed E-state index contributed by atoms with van der Waals surface area (Å²) >= 11 is 0. The van der Waals surface area contributed by atoms with Crippen LogP contribution in [0, 0.1) is 11.6 Å². The van der Waals surface area contributed by atoms with Crippen molar-refractivity contribution in [1.82, 2.24) is 0 Å². The summed E-state index contributed by atoms with van der Waals surface area (Å²) in [5.74, 6) is -2.41. The van der Waals surface area contributed by atoms with Crippen LogP contribution in [-0.2, 0) is 22.6 Å². The first-order valence-electron chi connectivity index (χ1n) is 4.72. The van der Waals surface area contributed by atoms with E-state index in [9.17, 15) is 13.6 Å². The van der Waals surface area contributed by atoms with Crippen LogP contribution in [0.1, 0.15) is 17.5 Å². The van der Waals surface area contributed by atoms with Gasteiger partial charge >= 0.3 is 5.97 Å². The summed E-state index contributed by atoms with van der Waals surface area (Å²) in [5.41, 5.74) is 0.193. The highest BCUT2D eigenvalue weighted by Crippen LogP contribution is 2.17. The number of carbonyl (C=O) groups is 1. The molecular weight excluding hydrogens is 218 g/mol. The highest BCUT2D eigenvalue weighted by atomic mass is 19.1. The fraction of sp³-hybridized carbons (Fsp3) is 0.364. The SMILES string of the molecule is COCc1c(F)cc(CCC(=O)O)cc1F. The van der Waals surface area contributed by atoms with Gasteiger partial charge in [-0.3, -0.25) is 4.79 Å². The van der Waals surface area contributed by atoms with E-state index in [2.05, 4.69) is 4.74 Å². The molecule has 0 atom stereocenters. The van der Waals surface area contributed by atoms with Gasteiger partial charge < -0.3 is 9.84 Å². The average Bonchev–Trinajstić information content (AvgIpc) is 2.20. The van der Waals surface area contributed by atoms with Gasteiger partial charge in [0.25, 0.3) is 0 Å². The summed E-state index contributed by atoms with van der Waals surface area (Å²) in [7, 11) is 1.34. The first-order chi connectivity index (χ1) is 7.54. The molecule has 0 unspecified atom stereocenters. The van der Waals surface area contributed by atoms with Crippen molar-refractivity contribution in [3.05, 3.63) is 34.9 Å². The molecule has 16 heavy (non-hydrogen) atoms. The van der Waals surface area contributed by atoms with Crippen molar-refractivity contribution in [3.63, 3.8) is 0 Å². The Kier molecular flexibility index (Phi) is 4.37. The molecule has 88 valence electrons. The van der Waals surface area contributed by atoms with Gasteiger partial charge in [-0.1, -0.05) is 0 Å². The number of hydrogen-bond acceptors (Lipinski definition) is 2. The van der Waals surface area contributed by atoms with Gasteiger partial charge in [-0.15, -0.1) is 0 Å². The van der Waals surface area contributed by atoms with Gasteiger partial charge in [-0.05, 0) is 24.1 Å². The molecule has 0 bridgehead atoms. The molecular formula is C11H12F2O3. The fourth-order valence-corrected chi connectivity index (χ4v) is 1.33. The second-order valence-electron chi connectivity index (χ2n) is 3.36. The second kappa shape index (κ2) is 5.55. The van der Waals surface area contributed by atoms with Crippen LogP contribution in [0.25, 0.3) is 0 Å². The lowest BCUT2D eigenvalue weighted by Gasteiger charge is -2.06. The lowest BCUT2D eigenvalue weighted by Crippen LogP contribution is -2.02. The van der Waals surface area contributed by atoms with E-state index in [0.717, 1.165) is 12.1 Å². The number of aryl methyl sites for hydroxylation is 1. The Morgan fingerprint density at radius 3 is 2.38 bits per heavy atom. The Bertz CT molecular complexity index is 368. The normalized spacial score (nSPS) is 10.4. The van der Waals surface area contributed by atoms with Crippen molar-refractivity contribution in [1.29, 1.82) is 0 Å². The van der Waals surface area contributed by atoms with Gasteiger partial charge in [0.05, 0.1) is 6.61 Å². The minimum absolute atomic E-state index is 0.108. The molecule has 0 aliphatic carbocycles. The molecule has 3 nitrogen and oxygen atoms in total. The van der Waals surface area contributed by atoms with Crippen LogP contribution < -0.4 is 0 Å². The number of benzene rings is 1. The minimum atomic E-state index is -0.998. The predicted octanol–water partition coefficient (Wildman–Crippen LogP) is 2.13. The summed E-state index contributed by atoms with van der Waals surface area (Å²) in [6.07, 6.45) is -0.0427. The molecule has 0 heterocycles. The molecule has 0 aliphatic heterocycles. The van der Waals surface area contributed by atoms with Gasteiger partial charge in [0.15, 0.2) is 0 Å². The molecule has 0 saturated heterocycles. The molecule has 1 aromatic rings. The highest BCUT2D eigenvalue weighted by molar-refractivity contribution is 5.67. The molecule has 0 amide bonds. The molecule has 0 saturated carbocycles. The second-order valence-corrected chi connectivity index (χ2v) is 3.36. The number of halogens is 2. The summed E-state index contributed by atoms with van der Waals surface area (Å²) in [6, 6.07) is 2.28. The fourth-order valence-electron chi connectivity index (χ4n) is 1.33. The van der Waals surface area contributed by atoms with E-state index in [0.29, 0.717) is 5.56 Å². The van der Waals surface area contributed by atoms with E-state index in [1.165, 1.54) is 7.11 Å². The van der Waals surface area contributed by atoms with Crippen LogP contribution >= 0.6 is 0 Å². The Morgan fingerprint density at radius 2 is 1.94 bits per heavy atom. The van der Waals surface area contributed by atoms with E-state index >= 15 is 0 Å². The molecule has 0 aliphatic rings. The molecule has 0 radical (unpaired) electrons. The average molecular weight is 230 g/mol. The number of carboxylic acids is 1. The molecule has 0 spiro atoms. The topological polar surface area (TPSA) is 46.5 Å². The Balaban J connectivity index is 2.86. The third kappa shape index (κ3) is 3.27. The number of carboxylic acid groups (broad SMARTS) is 1. The maximum atomic E-state index is 13.4. The van der Waals surface area contributed by atoms with Gasteiger partial charge in [0.2, 0.25) is 0 Å². The Morgan fingerprint density at radius 1 is 1.38 bits per heavy atom. The van der Waals surface area contributed by atoms with Crippen LogP contribution in [0.4, 0.5) is 8.78 Å². The van der Waals surface area contributed by atoms with Crippen LogP contribution in [0.3, 0.4) is 0 Å². The summed E-state index contributed by atoms with van der Waals surface area (Å²) in [4.78, 5) is 10.3. The van der Waals surface area contributed by atoms with Crippen molar-refractivity contribution in [2.24, 2.45) is 0 Å². The summed E-state index contributed by atoms with van der Waals surface area (Å²) in [5, 5.41) is 8.44. The van der Waals surface area contributed by atoms with Gasteiger partial charge in [-0.2, -0.15) is 0 Å². The van der Waals surface area contributed by atoms with E-state index in [-0.39, 0.29) is 25.0 Å². The summed E-state index contributed by atoms with van der Waals surface area (Å²) < 4.78 is 31.4. The van der Waals surface area contributed by atoms with E-state index in [4.69, 9.17) is 5.11 Å². The molecule has 5 heteroatoms. The van der Waals surface area contributed by atoms with Crippen LogP contribution in [0.5, 0.6) is 0 Å². The molecule has 1 rings (SSSR count). The first-order valence-corrected chi connectivity index (χ1v) is 4.72. The molecule has 0 fully saturated rings. The van der Waals surface area contributed by atoms with Crippen molar-refractivity contribution >= 4 is 5.97 Å². The Hall–Kier alpha value is -1.49. The van der Waals surface area contributed by atoms with Crippen LogP contribution in [0.15, 0.2) is 12.1 Å². The van der Waals surface area contributed by atoms with Gasteiger partial charge in [0, 0.05) is 19.1 Å². The number of rotatable bonds is 5. The van der Waals surface area contributed by atoms with Crippen molar-refractivity contribution in [2.75, 3.05) is 7.11 Å². The monoisotopic (exact) mass is 230 g/mol. The zero-order valence-corrected chi connectivity index (χ0v) is 8.80. The molecule has 1 N–H and O–H groups in total. The van der Waals surface area contributed by atoms with Crippen molar-refractivity contribution < 1.29 is 23.4 Å². The van der Waals surface area contributed by atoms with Crippen LogP contribution in [0.2, 0.25) is 0 Å². The largest absolute Gasteiger partial charge is 0.481 e. The van der Waals surface area contributed by atoms with Crippen molar-refractivity contribution in [2.45, 2.75) is 19.4 Å². The third-order valence-electron chi connectivity index (χ3n) is 2.12. The van der Waals surface area contributed by atoms with Crippen LogP contribution in [-0.4, -0.2) is 18.2 Å². The Labute approximate surface area is 91.7 Å². The zero-order valence-electron chi connectivity index (χ0n) is 8.80. The highest BCUT2D eigenvalue weighted by Gasteiger charge is 2.11. The maximum Gasteiger partial charge on any atom is 0.303 e. The lowest BCUT2D eigenvalue weighted by atomic mass is 10.1. The van der Waals surface area contributed by atoms with E-state index in [1.807, 2.05) is 0 Å². The van der Waals surface area contributed by atoms with Gasteiger partial charge in [-0.25, -0.2) is 8.78 Å². The van der Waals surface area contributed by atoms with Gasteiger partial charge in [0.1, 0.15) is 11.6 Å². The molecule has 1 aromatic carbocycles. The maximum absolute atomic E-state index is 13.4. The quantitative estimate of drug-likeness (QED) is 0.842. The third-order valence-corrected chi connectivity index (χ3v) is 2.12. The minimum Gasteiger partial charge on any atom is -0.481 e. The lowest BCUT2D eigenvalue weighted by molar-refractivity contribution is -0.136. The molecule has 0 aromatic heterocycles. The van der Waals surface area contributed by atoms with Crippen molar-refractivity contribution in [3.8, 4) is 0 Å². The predicted molar refractivity (Wildman–Crippen MR) is 53.0 cm³/mol. The first kappa shape index (κ1) is 12.6.